The number of anilines is 1. The van der Waals surface area contributed by atoms with E-state index in [9.17, 15) is 0 Å². The lowest BCUT2D eigenvalue weighted by Crippen LogP contribution is -2.51. The summed E-state index contributed by atoms with van der Waals surface area (Å²) >= 11 is 0. The first-order chi connectivity index (χ1) is 11.4. The van der Waals surface area contributed by atoms with Gasteiger partial charge in [-0.1, -0.05) is 0 Å². The van der Waals surface area contributed by atoms with E-state index in [1.165, 1.54) is 0 Å². The zero-order valence-electron chi connectivity index (χ0n) is 15.6. The fraction of sp³-hybridized carbons (Fsp3) is 0.611. The molecule has 0 aliphatic carbocycles. The molecule has 1 aromatic carbocycles. The van der Waals surface area contributed by atoms with Crippen LogP contribution in [0.5, 0.6) is 5.75 Å². The topological polar surface area (TPSA) is 72.1 Å². The summed E-state index contributed by atoms with van der Waals surface area (Å²) in [7, 11) is 4.19. The lowest BCUT2D eigenvalue weighted by atomic mass is 9.89. The Morgan fingerprint density at radius 3 is 2.40 bits per heavy atom. The molecule has 0 aromatic heterocycles. The summed E-state index contributed by atoms with van der Waals surface area (Å²) in [5, 5.41) is 3.14. The number of benzene rings is 1. The molecule has 25 heavy (non-hydrogen) atoms. The van der Waals surface area contributed by atoms with Crippen LogP contribution in [0, 0.1) is 0 Å². The van der Waals surface area contributed by atoms with Crippen molar-refractivity contribution in [3.05, 3.63) is 24.3 Å². The maximum Gasteiger partial charge on any atom is 0.193 e. The molecule has 1 aliphatic rings. The second-order valence-corrected chi connectivity index (χ2v) is 6.75. The number of hydrogen-bond acceptors (Lipinski definition) is 4. The van der Waals surface area contributed by atoms with Crippen LogP contribution >= 0.6 is 24.0 Å². The van der Waals surface area contributed by atoms with Gasteiger partial charge in [0.05, 0.1) is 12.6 Å². The predicted molar refractivity (Wildman–Crippen MR) is 114 cm³/mol. The van der Waals surface area contributed by atoms with E-state index in [4.69, 9.17) is 15.2 Å². The first kappa shape index (κ1) is 22.0. The molecule has 0 spiro atoms. The van der Waals surface area contributed by atoms with Gasteiger partial charge in [0.15, 0.2) is 5.96 Å². The molecule has 1 aromatic rings. The molecule has 3 N–H and O–H groups in total. The summed E-state index contributed by atoms with van der Waals surface area (Å²) in [4.78, 5) is 6.80. The van der Waals surface area contributed by atoms with Crippen LogP contribution < -0.4 is 15.8 Å². The molecule has 2 rings (SSSR count). The van der Waals surface area contributed by atoms with Crippen LogP contribution in [0.1, 0.15) is 26.7 Å². The van der Waals surface area contributed by atoms with Crippen molar-refractivity contribution in [2.75, 3.05) is 39.2 Å². The number of halogens is 1. The minimum Gasteiger partial charge on any atom is -0.491 e. The van der Waals surface area contributed by atoms with Crippen LogP contribution in [-0.4, -0.2) is 56.4 Å². The van der Waals surface area contributed by atoms with Gasteiger partial charge in [0.1, 0.15) is 5.75 Å². The molecular weight excluding hydrogens is 431 g/mol. The zero-order chi connectivity index (χ0) is 17.6. The maximum atomic E-state index is 6.06. The van der Waals surface area contributed by atoms with Gasteiger partial charge in [-0.05, 0) is 65.0 Å². The van der Waals surface area contributed by atoms with Crippen LogP contribution in [0.3, 0.4) is 0 Å². The van der Waals surface area contributed by atoms with Gasteiger partial charge in [-0.15, -0.1) is 24.0 Å². The standard InChI is InChI=1S/C18H30N4O2.HI/c1-14(2)24-16-7-5-15(6-8-16)21-17(19)20-13-18(22(3)4)9-11-23-12-10-18;/h5-8,14H,9-13H2,1-4H3,(H3,19,20,21);1H. The van der Waals surface area contributed by atoms with Crippen molar-refractivity contribution in [2.24, 2.45) is 10.7 Å². The summed E-state index contributed by atoms with van der Waals surface area (Å²) in [6.07, 6.45) is 2.10. The van der Waals surface area contributed by atoms with Crippen LogP contribution in [0.4, 0.5) is 5.69 Å². The largest absolute Gasteiger partial charge is 0.491 e. The van der Waals surface area contributed by atoms with E-state index in [-0.39, 0.29) is 35.6 Å². The molecule has 0 bridgehead atoms. The highest BCUT2D eigenvalue weighted by Crippen LogP contribution is 2.26. The fourth-order valence-corrected chi connectivity index (χ4v) is 2.81. The Morgan fingerprint density at radius 1 is 1.28 bits per heavy atom. The van der Waals surface area contributed by atoms with Crippen molar-refractivity contribution in [1.29, 1.82) is 0 Å². The van der Waals surface area contributed by atoms with Gasteiger partial charge in [-0.3, -0.25) is 4.99 Å². The van der Waals surface area contributed by atoms with E-state index in [1.54, 1.807) is 0 Å². The average molecular weight is 462 g/mol. The Morgan fingerprint density at radius 2 is 1.88 bits per heavy atom. The zero-order valence-corrected chi connectivity index (χ0v) is 17.9. The molecule has 6 nitrogen and oxygen atoms in total. The fourth-order valence-electron chi connectivity index (χ4n) is 2.81. The molecule has 1 fully saturated rings. The highest BCUT2D eigenvalue weighted by atomic mass is 127. The van der Waals surface area contributed by atoms with Gasteiger partial charge in [0, 0.05) is 24.4 Å². The molecular formula is C18H31IN4O2. The Labute approximate surface area is 168 Å². The molecule has 1 aliphatic heterocycles. The molecule has 0 saturated carbocycles. The monoisotopic (exact) mass is 462 g/mol. The third kappa shape index (κ3) is 6.63. The minimum absolute atomic E-state index is 0. The second kappa shape index (κ2) is 10.2. The highest BCUT2D eigenvalue weighted by molar-refractivity contribution is 14.0. The average Bonchev–Trinajstić information content (AvgIpc) is 2.55. The second-order valence-electron chi connectivity index (χ2n) is 6.75. The molecule has 0 radical (unpaired) electrons. The quantitative estimate of drug-likeness (QED) is 0.387. The van der Waals surface area contributed by atoms with Crippen molar-refractivity contribution in [2.45, 2.75) is 38.3 Å². The molecule has 1 saturated heterocycles. The van der Waals surface area contributed by atoms with Crippen molar-refractivity contribution in [3.63, 3.8) is 0 Å². The number of rotatable bonds is 6. The van der Waals surface area contributed by atoms with Crippen molar-refractivity contribution in [1.82, 2.24) is 4.90 Å². The van der Waals surface area contributed by atoms with Crippen LogP contribution in [-0.2, 0) is 4.74 Å². The molecule has 0 amide bonds. The Hall–Kier alpha value is -1.06. The van der Waals surface area contributed by atoms with E-state index in [2.05, 4.69) is 29.3 Å². The number of ether oxygens (including phenoxy) is 2. The van der Waals surface area contributed by atoms with E-state index >= 15 is 0 Å². The first-order valence-electron chi connectivity index (χ1n) is 8.50. The van der Waals surface area contributed by atoms with Crippen LogP contribution in [0.2, 0.25) is 0 Å². The van der Waals surface area contributed by atoms with Crippen LogP contribution in [0.25, 0.3) is 0 Å². The van der Waals surface area contributed by atoms with Crippen molar-refractivity contribution < 1.29 is 9.47 Å². The molecule has 142 valence electrons. The lowest BCUT2D eigenvalue weighted by molar-refractivity contribution is -0.00249. The smallest absolute Gasteiger partial charge is 0.193 e. The number of nitrogens with one attached hydrogen (secondary N) is 1. The first-order valence-corrected chi connectivity index (χ1v) is 8.50. The van der Waals surface area contributed by atoms with Gasteiger partial charge in [0.2, 0.25) is 0 Å². The SMILES string of the molecule is CC(C)Oc1ccc(NC(N)=NCC2(N(C)C)CCOCC2)cc1.I. The Kier molecular flexibility index (Phi) is 8.95. The van der Waals surface area contributed by atoms with Gasteiger partial charge >= 0.3 is 0 Å². The summed E-state index contributed by atoms with van der Waals surface area (Å²) in [5.74, 6) is 1.28. The molecule has 0 unspecified atom stereocenters. The third-order valence-corrected chi connectivity index (χ3v) is 4.41. The van der Waals surface area contributed by atoms with Gasteiger partial charge < -0.3 is 25.4 Å². The number of likely N-dealkylation sites (N-methyl/N-ethyl adjacent to an activating group) is 1. The van der Waals surface area contributed by atoms with Gasteiger partial charge in [0.25, 0.3) is 0 Å². The van der Waals surface area contributed by atoms with E-state index in [0.717, 1.165) is 37.5 Å². The third-order valence-electron chi connectivity index (χ3n) is 4.41. The van der Waals surface area contributed by atoms with Crippen LogP contribution in [0.15, 0.2) is 29.3 Å². The predicted octanol–water partition coefficient (Wildman–Crippen LogP) is 2.93. The van der Waals surface area contributed by atoms with Gasteiger partial charge in [-0.25, -0.2) is 0 Å². The Bertz CT molecular complexity index is 541. The molecule has 0 atom stereocenters. The number of nitrogens with zero attached hydrogens (tertiary/aromatic N) is 2. The molecule has 7 heteroatoms. The minimum atomic E-state index is 0. The highest BCUT2D eigenvalue weighted by Gasteiger charge is 2.34. The summed E-state index contributed by atoms with van der Waals surface area (Å²) in [6, 6.07) is 7.73. The number of hydrogen-bond donors (Lipinski definition) is 2. The van der Waals surface area contributed by atoms with E-state index < -0.39 is 0 Å². The Balaban J connectivity index is 0.00000312. The summed E-state index contributed by atoms with van der Waals surface area (Å²) in [5.41, 5.74) is 6.99. The maximum absolute atomic E-state index is 6.06. The molecule has 1 heterocycles. The summed E-state index contributed by atoms with van der Waals surface area (Å²) in [6.45, 7) is 6.23. The lowest BCUT2D eigenvalue weighted by Gasteiger charge is -2.41. The number of guanidine groups is 1. The van der Waals surface area contributed by atoms with E-state index in [0.29, 0.717) is 12.5 Å². The number of nitrogens with two attached hydrogens (primary N) is 1. The number of aliphatic imine (C=N–C) groups is 1. The van der Waals surface area contributed by atoms with Crippen molar-refractivity contribution in [3.8, 4) is 5.75 Å². The normalized spacial score (nSPS) is 17.3. The van der Waals surface area contributed by atoms with Crippen molar-refractivity contribution >= 4 is 35.6 Å². The van der Waals surface area contributed by atoms with Gasteiger partial charge in [-0.2, -0.15) is 0 Å². The van der Waals surface area contributed by atoms with E-state index in [1.807, 2.05) is 38.1 Å². The summed E-state index contributed by atoms with van der Waals surface area (Å²) < 4.78 is 11.1.